The Hall–Kier alpha value is -2.27. The van der Waals surface area contributed by atoms with E-state index in [0.29, 0.717) is 6.54 Å². The predicted octanol–water partition coefficient (Wildman–Crippen LogP) is 2.59. The van der Waals surface area contributed by atoms with Gasteiger partial charge in [-0.1, -0.05) is 25.1 Å². The molecule has 126 valence electrons. The molecule has 3 N–H and O–H groups in total. The average Bonchev–Trinajstić information content (AvgIpc) is 2.56. The second-order valence-corrected chi connectivity index (χ2v) is 6.95. The lowest BCUT2D eigenvalue weighted by molar-refractivity contribution is 0.517. The van der Waals surface area contributed by atoms with Gasteiger partial charge in [-0.15, -0.1) is 0 Å². The maximum absolute atomic E-state index is 13.3. The number of sulfonamides is 1. The fraction of sp³-hybridized carbons (Fsp3) is 0.235. The molecule has 0 spiro atoms. The fourth-order valence-corrected chi connectivity index (χ4v) is 2.98. The molecule has 0 amide bonds. The highest BCUT2D eigenvalue weighted by atomic mass is 32.2. The summed E-state index contributed by atoms with van der Waals surface area (Å²) in [7, 11) is -3.75. The van der Waals surface area contributed by atoms with E-state index >= 15 is 0 Å². The van der Waals surface area contributed by atoms with E-state index in [-0.39, 0.29) is 16.5 Å². The predicted molar refractivity (Wildman–Crippen MR) is 88.8 cm³/mol. The molecule has 7 heteroatoms. The summed E-state index contributed by atoms with van der Waals surface area (Å²) in [6, 6.07) is 12.5. The maximum Gasteiger partial charge on any atom is 0.238 e. The lowest BCUT2D eigenvalue weighted by Crippen LogP contribution is -2.21. The number of benzene rings is 2. The Labute approximate surface area is 141 Å². The molecule has 2 aromatic rings. The van der Waals surface area contributed by atoms with Crippen molar-refractivity contribution in [2.75, 3.05) is 0 Å². The Morgan fingerprint density at radius 3 is 2.67 bits per heavy atom. The molecule has 0 bridgehead atoms. The monoisotopic (exact) mass is 347 g/mol. The van der Waals surface area contributed by atoms with Gasteiger partial charge in [-0.3, -0.25) is 0 Å². The Bertz CT molecular complexity index is 876. The summed E-state index contributed by atoms with van der Waals surface area (Å²) in [5, 5.41) is 17.3. The summed E-state index contributed by atoms with van der Waals surface area (Å²) in [6.45, 7) is 2.39. The van der Waals surface area contributed by atoms with Gasteiger partial charge in [0.25, 0.3) is 0 Å². The van der Waals surface area contributed by atoms with E-state index in [2.05, 4.69) is 5.32 Å². The van der Waals surface area contributed by atoms with Crippen molar-refractivity contribution in [2.24, 2.45) is 5.14 Å². The van der Waals surface area contributed by atoms with Gasteiger partial charge in [-0.2, -0.15) is 5.26 Å². The number of nitrogens with two attached hydrogens (primary N) is 1. The summed E-state index contributed by atoms with van der Waals surface area (Å²) >= 11 is 0. The Morgan fingerprint density at radius 1 is 1.29 bits per heavy atom. The van der Waals surface area contributed by atoms with Gasteiger partial charge in [-0.25, -0.2) is 17.9 Å². The summed E-state index contributed by atoms with van der Waals surface area (Å²) in [6.07, 6.45) is 0.723. The van der Waals surface area contributed by atoms with Gasteiger partial charge in [0.15, 0.2) is 0 Å². The standard InChI is InChI=1S/C17H18FN3O2S/c1-2-17(13-4-3-5-15(9-13)24(20,22)23)21-11-12-6-7-16(18)14(8-12)10-19/h3-9,17,21H,2,11H2,1H3,(H2,20,22,23)/t17-/m0/s1. The second-order valence-electron chi connectivity index (χ2n) is 5.39. The molecule has 0 heterocycles. The Kier molecular flexibility index (Phi) is 5.67. The SMILES string of the molecule is CC[C@H](NCc1ccc(F)c(C#N)c1)c1cccc(S(N)(=O)=O)c1. The molecule has 5 nitrogen and oxygen atoms in total. The highest BCUT2D eigenvalue weighted by molar-refractivity contribution is 7.89. The average molecular weight is 347 g/mol. The molecule has 0 aliphatic rings. The van der Waals surface area contributed by atoms with Crippen molar-refractivity contribution < 1.29 is 12.8 Å². The van der Waals surface area contributed by atoms with Crippen molar-refractivity contribution in [2.45, 2.75) is 30.8 Å². The summed E-state index contributed by atoms with van der Waals surface area (Å²) in [5.74, 6) is -0.547. The lowest BCUT2D eigenvalue weighted by atomic mass is 10.0. The van der Waals surface area contributed by atoms with E-state index in [9.17, 15) is 12.8 Å². The molecule has 0 aliphatic heterocycles. The van der Waals surface area contributed by atoms with Crippen LogP contribution in [-0.2, 0) is 16.6 Å². The van der Waals surface area contributed by atoms with Crippen LogP contribution < -0.4 is 10.5 Å². The van der Waals surface area contributed by atoms with Crippen LogP contribution in [0, 0.1) is 17.1 Å². The van der Waals surface area contributed by atoms with Crippen molar-refractivity contribution in [1.82, 2.24) is 5.32 Å². The number of primary sulfonamides is 1. The van der Waals surface area contributed by atoms with Gasteiger partial charge in [0.05, 0.1) is 10.5 Å². The number of nitrogens with zero attached hydrogens (tertiary/aromatic N) is 1. The smallest absolute Gasteiger partial charge is 0.238 e. The zero-order valence-corrected chi connectivity index (χ0v) is 14.0. The molecule has 0 aliphatic carbocycles. The third-order valence-corrected chi connectivity index (χ3v) is 4.61. The van der Waals surface area contributed by atoms with Crippen LogP contribution in [0.1, 0.15) is 36.1 Å². The summed E-state index contributed by atoms with van der Waals surface area (Å²) in [4.78, 5) is 0.0637. The van der Waals surface area contributed by atoms with Crippen LogP contribution >= 0.6 is 0 Å². The first kappa shape index (κ1) is 18.1. The zero-order chi connectivity index (χ0) is 17.7. The number of hydrogen-bond acceptors (Lipinski definition) is 4. The number of nitrogens with one attached hydrogen (secondary N) is 1. The molecular formula is C17H18FN3O2S. The van der Waals surface area contributed by atoms with Crippen molar-refractivity contribution >= 4 is 10.0 Å². The van der Waals surface area contributed by atoms with E-state index in [1.165, 1.54) is 18.2 Å². The molecule has 2 aromatic carbocycles. The normalized spacial score (nSPS) is 12.6. The van der Waals surface area contributed by atoms with Crippen LogP contribution in [0.4, 0.5) is 4.39 Å². The molecule has 0 saturated carbocycles. The van der Waals surface area contributed by atoms with Gasteiger partial charge in [0, 0.05) is 12.6 Å². The van der Waals surface area contributed by atoms with E-state index < -0.39 is 15.8 Å². The summed E-state index contributed by atoms with van der Waals surface area (Å²) in [5.41, 5.74) is 1.57. The van der Waals surface area contributed by atoms with E-state index in [1.54, 1.807) is 18.2 Å². The first-order valence-electron chi connectivity index (χ1n) is 7.39. The number of hydrogen-bond donors (Lipinski definition) is 2. The van der Waals surface area contributed by atoms with Crippen LogP contribution in [0.3, 0.4) is 0 Å². The minimum atomic E-state index is -3.75. The van der Waals surface area contributed by atoms with E-state index in [1.807, 2.05) is 19.1 Å². The van der Waals surface area contributed by atoms with E-state index in [4.69, 9.17) is 10.4 Å². The molecule has 24 heavy (non-hydrogen) atoms. The van der Waals surface area contributed by atoms with Gasteiger partial charge >= 0.3 is 0 Å². The minimum absolute atomic E-state index is 0.00132. The molecule has 0 unspecified atom stereocenters. The first-order chi connectivity index (χ1) is 11.3. The Morgan fingerprint density at radius 2 is 2.04 bits per heavy atom. The van der Waals surface area contributed by atoms with Crippen molar-refractivity contribution in [1.29, 1.82) is 5.26 Å². The lowest BCUT2D eigenvalue weighted by Gasteiger charge is -2.18. The molecule has 0 aromatic heterocycles. The van der Waals surface area contributed by atoms with Gasteiger partial charge < -0.3 is 5.32 Å². The second kappa shape index (κ2) is 7.53. The van der Waals surface area contributed by atoms with Gasteiger partial charge in [0.2, 0.25) is 10.0 Å². The third-order valence-electron chi connectivity index (χ3n) is 3.70. The maximum atomic E-state index is 13.3. The van der Waals surface area contributed by atoms with Crippen LogP contribution in [0.5, 0.6) is 0 Å². The van der Waals surface area contributed by atoms with Crippen molar-refractivity contribution in [3.8, 4) is 6.07 Å². The third kappa shape index (κ3) is 4.38. The molecule has 0 fully saturated rings. The van der Waals surface area contributed by atoms with Crippen LogP contribution in [0.25, 0.3) is 0 Å². The molecule has 0 saturated heterocycles. The Balaban J connectivity index is 2.17. The number of halogens is 1. The highest BCUT2D eigenvalue weighted by Crippen LogP contribution is 2.20. The van der Waals surface area contributed by atoms with Crippen molar-refractivity contribution in [3.05, 3.63) is 65.0 Å². The van der Waals surface area contributed by atoms with Crippen molar-refractivity contribution in [3.63, 3.8) is 0 Å². The van der Waals surface area contributed by atoms with Crippen LogP contribution in [0.2, 0.25) is 0 Å². The molecule has 2 rings (SSSR count). The van der Waals surface area contributed by atoms with E-state index in [0.717, 1.165) is 17.5 Å². The number of rotatable bonds is 6. The number of nitriles is 1. The largest absolute Gasteiger partial charge is 0.306 e. The first-order valence-corrected chi connectivity index (χ1v) is 8.94. The topological polar surface area (TPSA) is 96.0 Å². The zero-order valence-electron chi connectivity index (χ0n) is 13.2. The minimum Gasteiger partial charge on any atom is -0.306 e. The van der Waals surface area contributed by atoms with Crippen LogP contribution in [0.15, 0.2) is 47.4 Å². The van der Waals surface area contributed by atoms with Gasteiger partial charge in [-0.05, 0) is 41.8 Å². The fourth-order valence-electron chi connectivity index (χ4n) is 2.42. The summed E-state index contributed by atoms with van der Waals surface area (Å²) < 4.78 is 36.3. The molecule has 0 radical (unpaired) electrons. The molecular weight excluding hydrogens is 329 g/mol. The molecule has 1 atom stereocenters. The van der Waals surface area contributed by atoms with Gasteiger partial charge in [0.1, 0.15) is 11.9 Å². The highest BCUT2D eigenvalue weighted by Gasteiger charge is 2.13. The quantitative estimate of drug-likeness (QED) is 0.839. The van der Waals surface area contributed by atoms with Crippen LogP contribution in [-0.4, -0.2) is 8.42 Å².